The molecule has 0 saturated carbocycles. The van der Waals surface area contributed by atoms with Crippen LogP contribution in [0.3, 0.4) is 0 Å². The monoisotopic (exact) mass is 370 g/mol. The molecule has 0 bridgehead atoms. The lowest BCUT2D eigenvalue weighted by molar-refractivity contribution is -0.132. The van der Waals surface area contributed by atoms with Crippen LogP contribution in [-0.4, -0.2) is 44.8 Å². The third-order valence-electron chi connectivity index (χ3n) is 3.85. The number of fused-ring (bicyclic) bond motifs is 1. The van der Waals surface area contributed by atoms with Crippen LogP contribution >= 0.6 is 27.5 Å². The van der Waals surface area contributed by atoms with Crippen LogP contribution in [0.1, 0.15) is 24.7 Å². The molecule has 5 nitrogen and oxygen atoms in total. The normalized spacial score (nSPS) is 19.5. The van der Waals surface area contributed by atoms with Gasteiger partial charge in [0.15, 0.2) is 5.65 Å². The lowest BCUT2D eigenvalue weighted by Crippen LogP contribution is -2.38. The average Bonchev–Trinajstić information content (AvgIpc) is 2.79. The first-order valence-corrected chi connectivity index (χ1v) is 8.25. The highest BCUT2D eigenvalue weighted by molar-refractivity contribution is 9.10. The second-order valence-electron chi connectivity index (χ2n) is 5.30. The first kappa shape index (κ1) is 14.8. The Morgan fingerprint density at radius 3 is 3.05 bits per heavy atom. The summed E-state index contributed by atoms with van der Waals surface area (Å²) in [4.78, 5) is 22.6. The van der Waals surface area contributed by atoms with E-state index in [0.29, 0.717) is 25.3 Å². The maximum atomic E-state index is 11.7. The van der Waals surface area contributed by atoms with Crippen molar-refractivity contribution in [2.24, 2.45) is 0 Å². The van der Waals surface area contributed by atoms with Crippen molar-refractivity contribution in [3.8, 4) is 0 Å². The Bertz CT molecular complexity index is 687. The van der Waals surface area contributed by atoms with Gasteiger partial charge in [-0.2, -0.15) is 0 Å². The fourth-order valence-electron chi connectivity index (χ4n) is 2.85. The van der Waals surface area contributed by atoms with E-state index in [1.165, 1.54) is 0 Å². The first-order chi connectivity index (χ1) is 10.1. The van der Waals surface area contributed by atoms with Crippen LogP contribution in [0.4, 0.5) is 0 Å². The maximum absolute atomic E-state index is 11.7. The van der Waals surface area contributed by atoms with Gasteiger partial charge in [-0.05, 0) is 28.4 Å². The minimum atomic E-state index is 0.199. The number of nitrogens with zero attached hydrogens (tertiary/aromatic N) is 4. The molecule has 0 aromatic carbocycles. The quantitative estimate of drug-likeness (QED) is 0.780. The number of carbonyl (C=O) groups excluding carboxylic acids is 1. The average molecular weight is 372 g/mol. The van der Waals surface area contributed by atoms with E-state index in [-0.39, 0.29) is 11.9 Å². The number of aryl methyl sites for hydroxylation is 1. The Labute approximate surface area is 136 Å². The number of alkyl halides is 1. The van der Waals surface area contributed by atoms with Gasteiger partial charge in [-0.3, -0.25) is 4.79 Å². The van der Waals surface area contributed by atoms with Gasteiger partial charge >= 0.3 is 0 Å². The molecule has 1 saturated heterocycles. The molecule has 0 radical (unpaired) electrons. The van der Waals surface area contributed by atoms with Crippen LogP contribution in [0.15, 0.2) is 16.7 Å². The number of rotatable bonds is 3. The summed E-state index contributed by atoms with van der Waals surface area (Å²) in [6, 6.07) is 2.18. The Morgan fingerprint density at radius 2 is 2.33 bits per heavy atom. The number of hydrogen-bond donors (Lipinski definition) is 0. The number of piperidine rings is 1. The van der Waals surface area contributed by atoms with E-state index in [0.717, 1.165) is 27.9 Å². The second kappa shape index (κ2) is 5.93. The van der Waals surface area contributed by atoms with E-state index < -0.39 is 0 Å². The summed E-state index contributed by atoms with van der Waals surface area (Å²) in [5.41, 5.74) is 1.73. The molecule has 112 valence electrons. The summed E-state index contributed by atoms with van der Waals surface area (Å²) in [6.07, 6.45) is 3.87. The zero-order valence-electron chi connectivity index (χ0n) is 11.7. The lowest BCUT2D eigenvalue weighted by Gasteiger charge is -2.31. The summed E-state index contributed by atoms with van der Waals surface area (Å²) >= 11 is 9.34. The van der Waals surface area contributed by atoms with Gasteiger partial charge in [-0.25, -0.2) is 9.97 Å². The number of carbonyl (C=O) groups is 1. The van der Waals surface area contributed by atoms with Crippen molar-refractivity contribution in [3.05, 3.63) is 22.6 Å². The predicted molar refractivity (Wildman–Crippen MR) is 85.6 cm³/mol. The molecular weight excluding hydrogens is 356 g/mol. The van der Waals surface area contributed by atoms with Crippen molar-refractivity contribution in [3.63, 3.8) is 0 Å². The van der Waals surface area contributed by atoms with Crippen LogP contribution < -0.4 is 0 Å². The number of likely N-dealkylation sites (tertiary alicyclic amines) is 1. The molecule has 0 aliphatic carbocycles. The summed E-state index contributed by atoms with van der Waals surface area (Å²) in [5, 5.41) is 0. The van der Waals surface area contributed by atoms with Gasteiger partial charge in [0, 0.05) is 43.0 Å². The Kier molecular flexibility index (Phi) is 4.17. The van der Waals surface area contributed by atoms with E-state index in [1.54, 1.807) is 11.1 Å². The van der Waals surface area contributed by atoms with Crippen molar-refractivity contribution in [2.45, 2.75) is 25.3 Å². The minimum Gasteiger partial charge on any atom is -0.344 e. The van der Waals surface area contributed by atoms with Crippen molar-refractivity contribution < 1.29 is 4.79 Å². The highest BCUT2D eigenvalue weighted by Crippen LogP contribution is 2.28. The van der Waals surface area contributed by atoms with Gasteiger partial charge in [0.05, 0.1) is 6.04 Å². The molecule has 1 aliphatic rings. The Hall–Kier alpha value is -1.14. The van der Waals surface area contributed by atoms with Crippen molar-refractivity contribution in [2.75, 3.05) is 19.5 Å². The first-order valence-electron chi connectivity index (χ1n) is 6.92. The molecular formula is C14H16BrClN4O. The predicted octanol–water partition coefficient (Wildman–Crippen LogP) is 2.77. The molecule has 1 atom stereocenters. The highest BCUT2D eigenvalue weighted by Gasteiger charge is 2.27. The van der Waals surface area contributed by atoms with Gasteiger partial charge < -0.3 is 9.47 Å². The summed E-state index contributed by atoms with van der Waals surface area (Å²) in [5.74, 6) is 1.66. The fourth-order valence-corrected chi connectivity index (χ4v) is 3.34. The molecule has 1 fully saturated rings. The van der Waals surface area contributed by atoms with E-state index >= 15 is 0 Å². The van der Waals surface area contributed by atoms with Crippen molar-refractivity contribution >= 4 is 44.6 Å². The molecule has 0 spiro atoms. The van der Waals surface area contributed by atoms with Gasteiger partial charge in [0.1, 0.15) is 11.3 Å². The fraction of sp³-hybridized carbons (Fsp3) is 0.500. The SMILES string of the molecule is CN1CC(n2c(CCCl)nc3cc(Br)cnc32)CCC1=O. The van der Waals surface area contributed by atoms with E-state index in [2.05, 4.69) is 30.5 Å². The standard InChI is InChI=1S/C14H16BrClN4O/c1-19-8-10(2-3-13(19)21)20-12(4-5-16)18-11-6-9(15)7-17-14(11)20/h6-7,10H,2-5,8H2,1H3. The third kappa shape index (κ3) is 2.79. The van der Waals surface area contributed by atoms with Crippen LogP contribution in [0.2, 0.25) is 0 Å². The van der Waals surface area contributed by atoms with Crippen molar-refractivity contribution in [1.29, 1.82) is 0 Å². The molecule has 1 unspecified atom stereocenters. The molecule has 0 N–H and O–H groups in total. The Balaban J connectivity index is 2.06. The van der Waals surface area contributed by atoms with Gasteiger partial charge in [-0.1, -0.05) is 0 Å². The third-order valence-corrected chi connectivity index (χ3v) is 4.48. The number of pyridine rings is 1. The summed E-state index contributed by atoms with van der Waals surface area (Å²) in [6.45, 7) is 0.692. The number of amides is 1. The molecule has 1 amide bonds. The van der Waals surface area contributed by atoms with Crippen LogP contribution in [0.25, 0.3) is 11.2 Å². The highest BCUT2D eigenvalue weighted by atomic mass is 79.9. The molecule has 7 heteroatoms. The summed E-state index contributed by atoms with van der Waals surface area (Å²) < 4.78 is 3.07. The Morgan fingerprint density at radius 1 is 1.52 bits per heavy atom. The summed E-state index contributed by atoms with van der Waals surface area (Å²) in [7, 11) is 1.85. The number of likely N-dealkylation sites (N-methyl/N-ethyl adjacent to an activating group) is 1. The zero-order chi connectivity index (χ0) is 15.0. The molecule has 3 rings (SSSR count). The van der Waals surface area contributed by atoms with Crippen LogP contribution in [-0.2, 0) is 11.2 Å². The van der Waals surface area contributed by atoms with Gasteiger partial charge in [0.25, 0.3) is 0 Å². The number of halogens is 2. The van der Waals surface area contributed by atoms with E-state index in [1.807, 2.05) is 13.1 Å². The largest absolute Gasteiger partial charge is 0.344 e. The second-order valence-corrected chi connectivity index (χ2v) is 6.59. The van der Waals surface area contributed by atoms with Crippen LogP contribution in [0.5, 0.6) is 0 Å². The molecule has 21 heavy (non-hydrogen) atoms. The molecule has 2 aromatic rings. The molecule has 3 heterocycles. The zero-order valence-corrected chi connectivity index (χ0v) is 14.1. The number of hydrogen-bond acceptors (Lipinski definition) is 3. The van der Waals surface area contributed by atoms with E-state index in [4.69, 9.17) is 11.6 Å². The van der Waals surface area contributed by atoms with Crippen LogP contribution in [0, 0.1) is 0 Å². The number of aromatic nitrogens is 3. The lowest BCUT2D eigenvalue weighted by atomic mass is 10.1. The molecule has 2 aromatic heterocycles. The van der Waals surface area contributed by atoms with Gasteiger partial charge in [0.2, 0.25) is 5.91 Å². The van der Waals surface area contributed by atoms with Gasteiger partial charge in [-0.15, -0.1) is 11.6 Å². The topological polar surface area (TPSA) is 51.0 Å². The maximum Gasteiger partial charge on any atom is 0.222 e. The minimum absolute atomic E-state index is 0.199. The number of imidazole rings is 1. The molecule has 1 aliphatic heterocycles. The smallest absolute Gasteiger partial charge is 0.222 e. The van der Waals surface area contributed by atoms with E-state index in [9.17, 15) is 4.79 Å². The van der Waals surface area contributed by atoms with Crippen molar-refractivity contribution in [1.82, 2.24) is 19.4 Å².